The smallest absolute Gasteiger partial charge is 0.261 e. The predicted molar refractivity (Wildman–Crippen MR) is 99.8 cm³/mol. The van der Waals surface area contributed by atoms with Gasteiger partial charge in [0.1, 0.15) is 0 Å². The molecule has 0 atom stereocenters. The van der Waals surface area contributed by atoms with Gasteiger partial charge in [-0.2, -0.15) is 0 Å². The maximum Gasteiger partial charge on any atom is 0.261 e. The highest BCUT2D eigenvalue weighted by molar-refractivity contribution is 7.98. The van der Waals surface area contributed by atoms with Crippen LogP contribution in [0.3, 0.4) is 0 Å². The Morgan fingerprint density at radius 2 is 2.04 bits per heavy atom. The number of hydrogen-bond donors (Lipinski definition) is 1. The molecule has 0 fully saturated rings. The first kappa shape index (κ1) is 16.0. The zero-order valence-corrected chi connectivity index (χ0v) is 14.9. The Labute approximate surface area is 153 Å². The average molecular weight is 370 g/mol. The third-order valence-electron chi connectivity index (χ3n) is 3.75. The van der Waals surface area contributed by atoms with Gasteiger partial charge in [0.15, 0.2) is 16.6 Å². The van der Waals surface area contributed by atoms with E-state index in [1.54, 1.807) is 30.0 Å². The Hall–Kier alpha value is -2.51. The van der Waals surface area contributed by atoms with Crippen molar-refractivity contribution in [1.82, 2.24) is 4.98 Å². The number of thiazole rings is 1. The molecule has 126 valence electrons. The number of hydrogen-bond acceptors (Lipinski definition) is 6. The number of benzene rings is 2. The fourth-order valence-electron chi connectivity index (χ4n) is 2.50. The highest BCUT2D eigenvalue weighted by Gasteiger charge is 2.22. The van der Waals surface area contributed by atoms with Gasteiger partial charge in [-0.15, -0.1) is 23.1 Å². The fraction of sp³-hybridized carbons (Fsp3) is 0.111. The van der Waals surface area contributed by atoms with Gasteiger partial charge >= 0.3 is 0 Å². The van der Waals surface area contributed by atoms with Crippen LogP contribution in [0.2, 0.25) is 0 Å². The molecule has 1 amide bonds. The number of para-hydroxylation sites is 1. The van der Waals surface area contributed by atoms with Crippen molar-refractivity contribution in [1.29, 1.82) is 0 Å². The Balaban J connectivity index is 1.53. The van der Waals surface area contributed by atoms with Crippen LogP contribution in [0.1, 0.15) is 10.4 Å². The van der Waals surface area contributed by atoms with E-state index < -0.39 is 0 Å². The first-order valence-corrected chi connectivity index (χ1v) is 9.65. The van der Waals surface area contributed by atoms with Crippen LogP contribution >= 0.6 is 23.1 Å². The molecule has 0 saturated heterocycles. The van der Waals surface area contributed by atoms with E-state index in [0.29, 0.717) is 22.2 Å². The summed E-state index contributed by atoms with van der Waals surface area (Å²) >= 11 is 3.09. The molecule has 0 radical (unpaired) electrons. The number of nitrogens with one attached hydrogen (secondary N) is 1. The van der Waals surface area contributed by atoms with Crippen molar-refractivity contribution in [3.05, 3.63) is 53.4 Å². The lowest BCUT2D eigenvalue weighted by Gasteiger charge is -2.05. The number of ether oxygens (including phenoxy) is 2. The van der Waals surface area contributed by atoms with E-state index in [1.807, 2.05) is 23.8 Å². The van der Waals surface area contributed by atoms with E-state index in [4.69, 9.17) is 9.47 Å². The topological polar surface area (TPSA) is 60.5 Å². The van der Waals surface area contributed by atoms with Crippen LogP contribution in [-0.2, 0) is 0 Å². The van der Waals surface area contributed by atoms with Gasteiger partial charge in [0.25, 0.3) is 5.91 Å². The molecular weight excluding hydrogens is 356 g/mol. The van der Waals surface area contributed by atoms with Crippen LogP contribution in [-0.4, -0.2) is 23.9 Å². The molecule has 0 spiro atoms. The van der Waals surface area contributed by atoms with Gasteiger partial charge in [0, 0.05) is 15.8 Å². The first-order valence-electron chi connectivity index (χ1n) is 7.54. The number of thioether (sulfide) groups is 1. The molecule has 4 rings (SSSR count). The lowest BCUT2D eigenvalue weighted by Crippen LogP contribution is -2.12. The molecule has 5 nitrogen and oxygen atoms in total. The molecule has 0 aliphatic carbocycles. The summed E-state index contributed by atoms with van der Waals surface area (Å²) in [6.45, 7) is 0.132. The SMILES string of the molecule is CSc1ccc(-c2csc(NC(=O)c3cccc4c3OCO4)n2)cc1. The zero-order valence-electron chi connectivity index (χ0n) is 13.3. The van der Waals surface area contributed by atoms with Crippen molar-refractivity contribution in [2.75, 3.05) is 18.4 Å². The summed E-state index contributed by atoms with van der Waals surface area (Å²) in [6.07, 6.45) is 2.04. The monoisotopic (exact) mass is 370 g/mol. The van der Waals surface area contributed by atoms with E-state index in [1.165, 1.54) is 16.2 Å². The molecule has 7 heteroatoms. The Kier molecular flexibility index (Phi) is 4.33. The summed E-state index contributed by atoms with van der Waals surface area (Å²) < 4.78 is 10.7. The fourth-order valence-corrected chi connectivity index (χ4v) is 3.62. The average Bonchev–Trinajstić information content (AvgIpc) is 3.30. The normalized spacial score (nSPS) is 12.2. The largest absolute Gasteiger partial charge is 0.454 e. The van der Waals surface area contributed by atoms with E-state index >= 15 is 0 Å². The molecule has 3 aromatic rings. The molecule has 0 unspecified atom stereocenters. The molecule has 1 aliphatic heterocycles. The minimum atomic E-state index is -0.263. The summed E-state index contributed by atoms with van der Waals surface area (Å²) in [5.41, 5.74) is 2.30. The van der Waals surface area contributed by atoms with E-state index in [2.05, 4.69) is 22.4 Å². The lowest BCUT2D eigenvalue weighted by molar-refractivity contribution is 0.102. The van der Waals surface area contributed by atoms with Gasteiger partial charge < -0.3 is 9.47 Å². The molecule has 2 heterocycles. The van der Waals surface area contributed by atoms with Crippen molar-refractivity contribution < 1.29 is 14.3 Å². The van der Waals surface area contributed by atoms with Crippen LogP contribution < -0.4 is 14.8 Å². The van der Waals surface area contributed by atoms with Crippen LogP contribution in [0.25, 0.3) is 11.3 Å². The number of carbonyl (C=O) groups excluding carboxylic acids is 1. The van der Waals surface area contributed by atoms with Gasteiger partial charge in [-0.25, -0.2) is 4.98 Å². The van der Waals surface area contributed by atoms with Gasteiger partial charge in [0.05, 0.1) is 11.3 Å². The predicted octanol–water partition coefficient (Wildman–Crippen LogP) is 4.51. The Bertz CT molecular complexity index is 922. The maximum atomic E-state index is 12.5. The number of amides is 1. The summed E-state index contributed by atoms with van der Waals surface area (Å²) in [6, 6.07) is 13.4. The zero-order chi connectivity index (χ0) is 17.2. The number of rotatable bonds is 4. The summed E-state index contributed by atoms with van der Waals surface area (Å²) in [5.74, 6) is 0.798. The van der Waals surface area contributed by atoms with E-state index in [0.717, 1.165) is 11.3 Å². The van der Waals surface area contributed by atoms with Gasteiger partial charge in [-0.1, -0.05) is 18.2 Å². The van der Waals surface area contributed by atoms with Crippen molar-refractivity contribution in [2.24, 2.45) is 0 Å². The second kappa shape index (κ2) is 6.78. The number of anilines is 1. The number of carbonyl (C=O) groups is 1. The molecular formula is C18H14N2O3S2. The van der Waals surface area contributed by atoms with Gasteiger partial charge in [-0.3, -0.25) is 10.1 Å². The highest BCUT2D eigenvalue weighted by atomic mass is 32.2. The highest BCUT2D eigenvalue weighted by Crippen LogP contribution is 2.36. The Morgan fingerprint density at radius 1 is 1.20 bits per heavy atom. The summed E-state index contributed by atoms with van der Waals surface area (Å²) in [5, 5.41) is 5.31. The summed E-state index contributed by atoms with van der Waals surface area (Å²) in [7, 11) is 0. The minimum absolute atomic E-state index is 0.132. The van der Waals surface area contributed by atoms with Crippen LogP contribution in [0.15, 0.2) is 52.7 Å². The number of nitrogens with zero attached hydrogens (tertiary/aromatic N) is 1. The van der Waals surface area contributed by atoms with E-state index in [9.17, 15) is 4.79 Å². The Morgan fingerprint density at radius 3 is 2.84 bits per heavy atom. The van der Waals surface area contributed by atoms with Crippen molar-refractivity contribution in [2.45, 2.75) is 4.90 Å². The molecule has 25 heavy (non-hydrogen) atoms. The van der Waals surface area contributed by atoms with Gasteiger partial charge in [-0.05, 0) is 30.5 Å². The molecule has 1 N–H and O–H groups in total. The lowest BCUT2D eigenvalue weighted by atomic mass is 10.2. The van der Waals surface area contributed by atoms with Gasteiger partial charge in [0.2, 0.25) is 6.79 Å². The number of fused-ring (bicyclic) bond motifs is 1. The van der Waals surface area contributed by atoms with Crippen molar-refractivity contribution >= 4 is 34.1 Å². The molecule has 0 saturated carbocycles. The standard InChI is InChI=1S/C18H14N2O3S2/c1-24-12-7-5-11(6-8-12)14-9-25-18(19-14)20-17(21)13-3-2-4-15-16(13)23-10-22-15/h2-9H,10H2,1H3,(H,19,20,21). The first-order chi connectivity index (χ1) is 12.2. The molecule has 1 aliphatic rings. The third-order valence-corrected chi connectivity index (χ3v) is 5.25. The second-order valence-electron chi connectivity index (χ2n) is 5.26. The van der Waals surface area contributed by atoms with Crippen LogP contribution in [0.5, 0.6) is 11.5 Å². The van der Waals surface area contributed by atoms with Crippen LogP contribution in [0, 0.1) is 0 Å². The van der Waals surface area contributed by atoms with Crippen molar-refractivity contribution in [3.63, 3.8) is 0 Å². The van der Waals surface area contributed by atoms with E-state index in [-0.39, 0.29) is 12.7 Å². The third kappa shape index (κ3) is 3.20. The quantitative estimate of drug-likeness (QED) is 0.685. The molecule has 1 aromatic heterocycles. The molecule has 0 bridgehead atoms. The number of aromatic nitrogens is 1. The second-order valence-corrected chi connectivity index (χ2v) is 7.00. The summed E-state index contributed by atoms with van der Waals surface area (Å²) in [4.78, 5) is 18.2. The van der Waals surface area contributed by atoms with Crippen LogP contribution in [0.4, 0.5) is 5.13 Å². The van der Waals surface area contributed by atoms with Crippen molar-refractivity contribution in [3.8, 4) is 22.8 Å². The minimum Gasteiger partial charge on any atom is -0.454 e. The maximum absolute atomic E-state index is 12.5. The molecule has 2 aromatic carbocycles.